The summed E-state index contributed by atoms with van der Waals surface area (Å²) in [5.41, 5.74) is 2.13. The van der Waals surface area contributed by atoms with Crippen LogP contribution in [0, 0.1) is 6.92 Å². The number of piperazine rings is 1. The summed E-state index contributed by atoms with van der Waals surface area (Å²) in [4.78, 5) is 15.1. The number of hydrogen-bond donors (Lipinski definition) is 3. The summed E-state index contributed by atoms with van der Waals surface area (Å²) in [5.74, 6) is 1.85. The third-order valence-electron chi connectivity index (χ3n) is 5.09. The van der Waals surface area contributed by atoms with Gasteiger partial charge in [0.25, 0.3) is 5.91 Å². The Bertz CT molecular complexity index is 738. The molecule has 1 aromatic heterocycles. The number of carbonyl (C=O) groups is 1. The molecule has 3 N–H and O–H groups in total. The number of nitrogens with zero attached hydrogens (tertiary/aromatic N) is 1. The zero-order valence-corrected chi connectivity index (χ0v) is 16.2. The minimum absolute atomic E-state index is 0.121. The van der Waals surface area contributed by atoms with E-state index in [9.17, 15) is 4.79 Å². The van der Waals surface area contributed by atoms with E-state index < -0.39 is 0 Å². The van der Waals surface area contributed by atoms with E-state index in [0.717, 1.165) is 61.9 Å². The molecule has 7 heteroatoms. The minimum Gasteiger partial charge on any atom is -0.496 e. The highest BCUT2D eigenvalue weighted by molar-refractivity contribution is 5.76. The number of ether oxygens (including phenoxy) is 1. The Morgan fingerprint density at radius 2 is 1.96 bits per heavy atom. The van der Waals surface area contributed by atoms with Gasteiger partial charge in [-0.15, -0.1) is 0 Å². The maximum absolute atomic E-state index is 12.2. The molecule has 0 saturated carbocycles. The standard InChI is InChI=1S/C20H28N4O3/c1-16-13-18(22-27-16)14-23-9-11-24(12-10-23)15-20(25)21-8-7-17-5-3-4-6-19(17)26-2/h3-6,13H,7-12,14-15H2,1-2H3,(H,21,25)/p+2. The van der Waals surface area contributed by atoms with Crippen LogP contribution in [0.2, 0.25) is 0 Å². The highest BCUT2D eigenvalue weighted by Crippen LogP contribution is 2.17. The first kappa shape index (κ1) is 19.4. The number of benzene rings is 1. The molecule has 0 radical (unpaired) electrons. The van der Waals surface area contributed by atoms with Gasteiger partial charge in [-0.1, -0.05) is 23.4 Å². The van der Waals surface area contributed by atoms with Crippen LogP contribution < -0.4 is 19.9 Å². The molecule has 0 aliphatic carbocycles. The van der Waals surface area contributed by atoms with E-state index in [-0.39, 0.29) is 5.91 Å². The van der Waals surface area contributed by atoms with E-state index in [2.05, 4.69) is 10.5 Å². The van der Waals surface area contributed by atoms with Gasteiger partial charge in [-0.25, -0.2) is 0 Å². The predicted molar refractivity (Wildman–Crippen MR) is 101 cm³/mol. The number of rotatable bonds is 8. The summed E-state index contributed by atoms with van der Waals surface area (Å²) >= 11 is 0. The zero-order chi connectivity index (χ0) is 19.1. The molecule has 1 aromatic carbocycles. The smallest absolute Gasteiger partial charge is 0.275 e. The maximum Gasteiger partial charge on any atom is 0.275 e. The van der Waals surface area contributed by atoms with Gasteiger partial charge < -0.3 is 24.4 Å². The molecule has 0 unspecified atom stereocenters. The maximum atomic E-state index is 12.2. The summed E-state index contributed by atoms with van der Waals surface area (Å²) in [6, 6.07) is 9.93. The van der Waals surface area contributed by atoms with Gasteiger partial charge in [0, 0.05) is 12.6 Å². The Kier molecular flexibility index (Phi) is 6.84. The fourth-order valence-corrected chi connectivity index (χ4v) is 3.60. The van der Waals surface area contributed by atoms with Crippen molar-refractivity contribution < 1.29 is 23.9 Å². The number of nitrogens with one attached hydrogen (secondary N) is 3. The molecule has 1 amide bonds. The van der Waals surface area contributed by atoms with Crippen molar-refractivity contribution in [2.75, 3.05) is 46.4 Å². The molecule has 27 heavy (non-hydrogen) atoms. The highest BCUT2D eigenvalue weighted by Gasteiger charge is 2.25. The van der Waals surface area contributed by atoms with E-state index in [1.54, 1.807) is 7.11 Å². The van der Waals surface area contributed by atoms with Crippen molar-refractivity contribution in [1.82, 2.24) is 10.5 Å². The largest absolute Gasteiger partial charge is 0.496 e. The summed E-state index contributed by atoms with van der Waals surface area (Å²) < 4.78 is 10.5. The lowest BCUT2D eigenvalue weighted by Crippen LogP contribution is -3.28. The van der Waals surface area contributed by atoms with Crippen molar-refractivity contribution in [1.29, 1.82) is 0 Å². The Morgan fingerprint density at radius 3 is 2.67 bits per heavy atom. The van der Waals surface area contributed by atoms with Gasteiger partial charge in [-0.2, -0.15) is 0 Å². The summed E-state index contributed by atoms with van der Waals surface area (Å²) in [5, 5.41) is 7.11. The molecule has 1 fully saturated rings. The molecule has 0 bridgehead atoms. The quantitative estimate of drug-likeness (QED) is 0.533. The monoisotopic (exact) mass is 374 g/mol. The molecule has 1 aliphatic heterocycles. The zero-order valence-electron chi connectivity index (χ0n) is 16.2. The highest BCUT2D eigenvalue weighted by atomic mass is 16.5. The average molecular weight is 374 g/mol. The van der Waals surface area contributed by atoms with Gasteiger partial charge in [-0.05, 0) is 25.0 Å². The van der Waals surface area contributed by atoms with Crippen LogP contribution in [0.15, 0.2) is 34.9 Å². The van der Waals surface area contributed by atoms with Crippen LogP contribution in [0.4, 0.5) is 0 Å². The Hall–Kier alpha value is -2.38. The van der Waals surface area contributed by atoms with E-state index in [0.29, 0.717) is 13.1 Å². The molecule has 1 aliphatic rings. The first-order chi connectivity index (χ1) is 13.1. The number of aromatic nitrogens is 1. The third-order valence-corrected chi connectivity index (χ3v) is 5.09. The first-order valence-corrected chi connectivity index (χ1v) is 9.62. The second-order valence-electron chi connectivity index (χ2n) is 7.19. The van der Waals surface area contributed by atoms with E-state index in [1.807, 2.05) is 37.3 Å². The van der Waals surface area contributed by atoms with Gasteiger partial charge >= 0.3 is 0 Å². The van der Waals surface area contributed by atoms with Crippen molar-refractivity contribution >= 4 is 5.91 Å². The molecule has 0 atom stereocenters. The molecule has 1 saturated heterocycles. The van der Waals surface area contributed by atoms with Gasteiger partial charge in [-0.3, -0.25) is 4.79 Å². The second-order valence-corrected chi connectivity index (χ2v) is 7.19. The van der Waals surface area contributed by atoms with Crippen molar-refractivity contribution in [2.45, 2.75) is 19.9 Å². The average Bonchev–Trinajstić information content (AvgIpc) is 3.08. The lowest BCUT2D eigenvalue weighted by Gasteiger charge is -2.28. The van der Waals surface area contributed by atoms with Crippen LogP contribution in [0.5, 0.6) is 5.75 Å². The minimum atomic E-state index is 0.121. The normalized spacial score (nSPS) is 19.6. The van der Waals surface area contributed by atoms with E-state index in [4.69, 9.17) is 9.26 Å². The summed E-state index contributed by atoms with van der Waals surface area (Å²) in [6.45, 7) is 8.11. The van der Waals surface area contributed by atoms with Crippen LogP contribution in [0.25, 0.3) is 0 Å². The second kappa shape index (κ2) is 9.53. The molecule has 146 valence electrons. The predicted octanol–water partition coefficient (Wildman–Crippen LogP) is -1.37. The summed E-state index contributed by atoms with van der Waals surface area (Å²) in [7, 11) is 1.67. The van der Waals surface area contributed by atoms with Crippen LogP contribution in [0.1, 0.15) is 17.0 Å². The number of methoxy groups -OCH3 is 1. The molecular weight excluding hydrogens is 344 g/mol. The van der Waals surface area contributed by atoms with Crippen molar-refractivity contribution in [3.63, 3.8) is 0 Å². The number of amides is 1. The fourth-order valence-electron chi connectivity index (χ4n) is 3.60. The number of carbonyl (C=O) groups excluding carboxylic acids is 1. The van der Waals surface area contributed by atoms with Gasteiger partial charge in [0.05, 0.1) is 7.11 Å². The Morgan fingerprint density at radius 1 is 1.22 bits per heavy atom. The molecule has 0 spiro atoms. The Labute approximate surface area is 160 Å². The summed E-state index contributed by atoms with van der Waals surface area (Å²) in [6.07, 6.45) is 0.778. The molecule has 2 aromatic rings. The van der Waals surface area contributed by atoms with Gasteiger partial charge in [0.2, 0.25) is 0 Å². The first-order valence-electron chi connectivity index (χ1n) is 9.62. The molecule has 3 rings (SSSR count). The number of para-hydroxylation sites is 1. The van der Waals surface area contributed by atoms with Crippen molar-refractivity contribution in [3.8, 4) is 5.75 Å². The van der Waals surface area contributed by atoms with Crippen LogP contribution in [-0.2, 0) is 17.8 Å². The van der Waals surface area contributed by atoms with E-state index in [1.165, 1.54) is 9.80 Å². The Balaban J connectivity index is 1.34. The van der Waals surface area contributed by atoms with Crippen LogP contribution >= 0.6 is 0 Å². The fraction of sp³-hybridized carbons (Fsp3) is 0.500. The molecule has 2 heterocycles. The van der Waals surface area contributed by atoms with Crippen molar-refractivity contribution in [2.24, 2.45) is 0 Å². The number of aryl methyl sites for hydroxylation is 1. The van der Waals surface area contributed by atoms with Crippen LogP contribution in [-0.4, -0.2) is 57.4 Å². The number of hydrogen-bond acceptors (Lipinski definition) is 4. The van der Waals surface area contributed by atoms with Crippen molar-refractivity contribution in [3.05, 3.63) is 47.3 Å². The van der Waals surface area contributed by atoms with Crippen LogP contribution in [0.3, 0.4) is 0 Å². The lowest BCUT2D eigenvalue weighted by atomic mass is 10.1. The molecule has 7 nitrogen and oxygen atoms in total. The SMILES string of the molecule is COc1ccccc1CCNC(=O)C[NH+]1CC[NH+](Cc2cc(C)on2)CC1. The van der Waals surface area contributed by atoms with Gasteiger partial charge in [0.15, 0.2) is 6.54 Å². The van der Waals surface area contributed by atoms with Gasteiger partial charge in [0.1, 0.15) is 49.9 Å². The lowest BCUT2D eigenvalue weighted by molar-refractivity contribution is -1.02. The number of quaternary nitrogens is 2. The molecular formula is C20H30N4O3+2. The third kappa shape index (κ3) is 5.80. The topological polar surface area (TPSA) is 73.2 Å². The van der Waals surface area contributed by atoms with E-state index >= 15 is 0 Å².